The lowest BCUT2D eigenvalue weighted by Gasteiger charge is -2.08. The molecule has 0 atom stereocenters. The van der Waals surface area contributed by atoms with Crippen LogP contribution < -0.4 is 5.73 Å². The molecule has 1 amide bonds. The predicted molar refractivity (Wildman–Crippen MR) is 92.0 cm³/mol. The molecule has 2 heterocycles. The van der Waals surface area contributed by atoms with E-state index in [1.54, 1.807) is 30.3 Å². The van der Waals surface area contributed by atoms with E-state index in [0.717, 1.165) is 5.52 Å². The van der Waals surface area contributed by atoms with Gasteiger partial charge in [0.1, 0.15) is 11.3 Å². The van der Waals surface area contributed by atoms with Crippen molar-refractivity contribution in [3.8, 4) is 11.4 Å². The van der Waals surface area contributed by atoms with Gasteiger partial charge in [-0.3, -0.25) is 9.20 Å². The molecule has 0 saturated heterocycles. The average molecular weight is 338 g/mol. The number of primary amides is 1. The number of aryl methyl sites for hydroxylation is 1. The predicted octanol–water partition coefficient (Wildman–Crippen LogP) is 3.01. The summed E-state index contributed by atoms with van der Waals surface area (Å²) < 4.78 is 1.85. The van der Waals surface area contributed by atoms with Gasteiger partial charge in [-0.2, -0.15) is 0 Å². The van der Waals surface area contributed by atoms with Gasteiger partial charge in [0.2, 0.25) is 5.91 Å². The van der Waals surface area contributed by atoms with Gasteiger partial charge in [-0.15, -0.1) is 10.2 Å². The van der Waals surface area contributed by atoms with Crippen molar-refractivity contribution >= 4 is 34.2 Å². The highest BCUT2D eigenvalue weighted by atomic mass is 35.5. The standard InChI is InChI=1S/C17H12ClN5O/c1-9-16-22-21-13-7-6-10(18)8-14(13)23(16)17(20-9)12-5-3-2-4-11(12)15(19)24/h2-8H,1H3,(H2,19,24). The Hall–Kier alpha value is -2.99. The zero-order chi connectivity index (χ0) is 16.8. The number of benzene rings is 2. The van der Waals surface area contributed by atoms with E-state index in [0.29, 0.717) is 38.8 Å². The molecular weight excluding hydrogens is 326 g/mol. The monoisotopic (exact) mass is 337 g/mol. The molecule has 0 radical (unpaired) electrons. The molecule has 2 N–H and O–H groups in total. The highest BCUT2D eigenvalue weighted by molar-refractivity contribution is 6.31. The lowest BCUT2D eigenvalue weighted by molar-refractivity contribution is 0.100. The maximum absolute atomic E-state index is 11.8. The van der Waals surface area contributed by atoms with E-state index in [-0.39, 0.29) is 0 Å². The number of carbonyl (C=O) groups excluding carboxylic acids is 1. The van der Waals surface area contributed by atoms with Gasteiger partial charge in [0.05, 0.1) is 16.8 Å². The van der Waals surface area contributed by atoms with Crippen molar-refractivity contribution in [2.75, 3.05) is 0 Å². The Morgan fingerprint density at radius 3 is 2.75 bits per heavy atom. The molecule has 7 heteroatoms. The summed E-state index contributed by atoms with van der Waals surface area (Å²) in [6.45, 7) is 1.84. The number of imidazole rings is 1. The van der Waals surface area contributed by atoms with Gasteiger partial charge in [0, 0.05) is 10.6 Å². The summed E-state index contributed by atoms with van der Waals surface area (Å²) in [6.07, 6.45) is 0. The molecule has 0 aliphatic carbocycles. The van der Waals surface area contributed by atoms with Crippen LogP contribution in [0.3, 0.4) is 0 Å². The molecule has 0 aliphatic heterocycles. The van der Waals surface area contributed by atoms with Gasteiger partial charge in [-0.1, -0.05) is 29.8 Å². The highest BCUT2D eigenvalue weighted by Gasteiger charge is 2.18. The van der Waals surface area contributed by atoms with Gasteiger partial charge in [0.25, 0.3) is 0 Å². The molecule has 2 aromatic heterocycles. The minimum atomic E-state index is -0.510. The first-order valence-electron chi connectivity index (χ1n) is 7.26. The normalized spacial score (nSPS) is 11.2. The third kappa shape index (κ3) is 2.11. The third-order valence-corrected chi connectivity index (χ3v) is 4.12. The molecule has 0 bridgehead atoms. The quantitative estimate of drug-likeness (QED) is 0.609. The summed E-state index contributed by atoms with van der Waals surface area (Å²) in [5, 5.41) is 9.05. The van der Waals surface area contributed by atoms with Gasteiger partial charge in [-0.05, 0) is 31.2 Å². The Kier molecular flexibility index (Phi) is 3.21. The number of fused-ring (bicyclic) bond motifs is 3. The summed E-state index contributed by atoms with van der Waals surface area (Å²) in [7, 11) is 0. The van der Waals surface area contributed by atoms with Crippen LogP contribution in [-0.2, 0) is 0 Å². The summed E-state index contributed by atoms with van der Waals surface area (Å²) >= 11 is 6.15. The number of hydrogen-bond acceptors (Lipinski definition) is 4. The van der Waals surface area contributed by atoms with Crippen molar-refractivity contribution in [2.24, 2.45) is 5.73 Å². The molecule has 0 unspecified atom stereocenters. The summed E-state index contributed by atoms with van der Waals surface area (Å²) in [5.41, 5.74) is 9.32. The van der Waals surface area contributed by atoms with Crippen molar-refractivity contribution in [1.29, 1.82) is 0 Å². The zero-order valence-corrected chi connectivity index (χ0v) is 13.4. The fraction of sp³-hybridized carbons (Fsp3) is 0.0588. The molecule has 4 aromatic rings. The number of aromatic nitrogens is 4. The van der Waals surface area contributed by atoms with E-state index in [2.05, 4.69) is 15.2 Å². The molecule has 0 saturated carbocycles. The molecular formula is C17H12ClN5O. The van der Waals surface area contributed by atoms with Crippen molar-refractivity contribution in [3.05, 3.63) is 58.7 Å². The Labute approximate surface area is 141 Å². The number of rotatable bonds is 2. The van der Waals surface area contributed by atoms with Gasteiger partial charge in [-0.25, -0.2) is 4.98 Å². The van der Waals surface area contributed by atoms with Crippen LogP contribution in [0.1, 0.15) is 16.1 Å². The van der Waals surface area contributed by atoms with Crippen LogP contribution in [0.25, 0.3) is 28.1 Å². The van der Waals surface area contributed by atoms with Crippen LogP contribution in [-0.4, -0.2) is 25.5 Å². The molecule has 4 rings (SSSR count). The largest absolute Gasteiger partial charge is 0.366 e. The minimum Gasteiger partial charge on any atom is -0.366 e. The Balaban J connectivity index is 2.18. The lowest BCUT2D eigenvalue weighted by Crippen LogP contribution is -2.13. The number of nitrogens with two attached hydrogens (primary N) is 1. The fourth-order valence-corrected chi connectivity index (χ4v) is 2.97. The fourth-order valence-electron chi connectivity index (χ4n) is 2.80. The van der Waals surface area contributed by atoms with Crippen molar-refractivity contribution in [2.45, 2.75) is 6.92 Å². The Bertz CT molecular complexity index is 1120. The van der Waals surface area contributed by atoms with E-state index in [1.165, 1.54) is 0 Å². The second-order valence-corrected chi connectivity index (χ2v) is 5.86. The van der Waals surface area contributed by atoms with Crippen molar-refractivity contribution < 1.29 is 4.79 Å². The first-order valence-corrected chi connectivity index (χ1v) is 7.64. The zero-order valence-electron chi connectivity index (χ0n) is 12.7. The van der Waals surface area contributed by atoms with Crippen LogP contribution >= 0.6 is 11.6 Å². The van der Waals surface area contributed by atoms with Gasteiger partial charge in [0.15, 0.2) is 5.65 Å². The van der Waals surface area contributed by atoms with Gasteiger partial charge >= 0.3 is 0 Å². The first kappa shape index (κ1) is 14.6. The molecule has 0 spiro atoms. The number of carbonyl (C=O) groups is 1. The SMILES string of the molecule is Cc1nc(-c2ccccc2C(N)=O)n2c1nnc1ccc(Cl)cc12. The highest BCUT2D eigenvalue weighted by Crippen LogP contribution is 2.28. The van der Waals surface area contributed by atoms with E-state index in [4.69, 9.17) is 17.3 Å². The second kappa shape index (κ2) is 5.28. The summed E-state index contributed by atoms with van der Waals surface area (Å²) in [6, 6.07) is 12.4. The minimum absolute atomic E-state index is 0.399. The van der Waals surface area contributed by atoms with Crippen molar-refractivity contribution in [3.63, 3.8) is 0 Å². The topological polar surface area (TPSA) is 86.2 Å². The number of nitrogens with zero attached hydrogens (tertiary/aromatic N) is 4. The van der Waals surface area contributed by atoms with E-state index in [9.17, 15) is 4.79 Å². The maximum atomic E-state index is 11.8. The van der Waals surface area contributed by atoms with Gasteiger partial charge < -0.3 is 5.73 Å². The van der Waals surface area contributed by atoms with E-state index < -0.39 is 5.91 Å². The maximum Gasteiger partial charge on any atom is 0.249 e. The molecule has 0 aliphatic rings. The summed E-state index contributed by atoms with van der Waals surface area (Å²) in [4.78, 5) is 16.4. The van der Waals surface area contributed by atoms with Crippen molar-refractivity contribution in [1.82, 2.24) is 19.6 Å². The van der Waals surface area contributed by atoms with Crippen LogP contribution in [0.5, 0.6) is 0 Å². The Morgan fingerprint density at radius 2 is 1.96 bits per heavy atom. The molecule has 2 aromatic carbocycles. The smallest absolute Gasteiger partial charge is 0.249 e. The van der Waals surface area contributed by atoms with Crippen LogP contribution in [0.2, 0.25) is 5.02 Å². The average Bonchev–Trinajstić information content (AvgIpc) is 2.92. The second-order valence-electron chi connectivity index (χ2n) is 5.42. The lowest BCUT2D eigenvalue weighted by atomic mass is 10.1. The molecule has 6 nitrogen and oxygen atoms in total. The first-order chi connectivity index (χ1) is 11.6. The van der Waals surface area contributed by atoms with Crippen LogP contribution in [0.4, 0.5) is 0 Å². The van der Waals surface area contributed by atoms with Crippen LogP contribution in [0, 0.1) is 6.92 Å². The number of halogens is 1. The molecule has 118 valence electrons. The van der Waals surface area contributed by atoms with E-state index in [1.807, 2.05) is 23.5 Å². The third-order valence-electron chi connectivity index (χ3n) is 3.89. The molecule has 24 heavy (non-hydrogen) atoms. The Morgan fingerprint density at radius 1 is 1.17 bits per heavy atom. The number of amides is 1. The van der Waals surface area contributed by atoms with E-state index >= 15 is 0 Å². The molecule has 0 fully saturated rings. The van der Waals surface area contributed by atoms with Crippen LogP contribution in [0.15, 0.2) is 42.5 Å². The number of hydrogen-bond donors (Lipinski definition) is 1. The summed E-state index contributed by atoms with van der Waals surface area (Å²) in [5.74, 6) is 0.0726.